The number of ether oxygens (including phenoxy) is 1. The fourth-order valence-electron chi connectivity index (χ4n) is 4.67. The third-order valence-electron chi connectivity index (χ3n) is 6.32. The summed E-state index contributed by atoms with van der Waals surface area (Å²) in [5, 5.41) is 3.05. The molecule has 1 fully saturated rings. The maximum absolute atomic E-state index is 13.5. The van der Waals surface area contributed by atoms with E-state index in [-0.39, 0.29) is 36.3 Å². The van der Waals surface area contributed by atoms with Crippen LogP contribution in [0.2, 0.25) is 0 Å². The average Bonchev–Trinajstić information content (AvgIpc) is 3.45. The van der Waals surface area contributed by atoms with Gasteiger partial charge in [0, 0.05) is 43.6 Å². The molecule has 3 amide bonds. The van der Waals surface area contributed by atoms with Crippen molar-refractivity contribution in [3.05, 3.63) is 83.9 Å². The minimum Gasteiger partial charge on any atom is -0.497 e. The number of hydrogen-bond donors (Lipinski definition) is 1. The second-order valence-electron chi connectivity index (χ2n) is 8.33. The molecule has 3 aromatic rings. The smallest absolute Gasteiger partial charge is 0.318 e. The molecule has 1 saturated heterocycles. The summed E-state index contributed by atoms with van der Waals surface area (Å²) in [4.78, 5) is 29.4. The van der Waals surface area contributed by atoms with Crippen LogP contribution in [0.15, 0.2) is 66.9 Å². The number of halogens is 1. The molecule has 0 radical (unpaired) electrons. The lowest BCUT2D eigenvalue weighted by Crippen LogP contribution is -2.50. The van der Waals surface area contributed by atoms with Crippen molar-refractivity contribution in [3.63, 3.8) is 0 Å². The molecule has 2 aromatic carbocycles. The highest BCUT2D eigenvalue weighted by Gasteiger charge is 2.36. The van der Waals surface area contributed by atoms with E-state index in [1.807, 2.05) is 42.6 Å². The molecule has 7 nitrogen and oxygen atoms in total. The van der Waals surface area contributed by atoms with Crippen LogP contribution in [-0.2, 0) is 11.3 Å². The van der Waals surface area contributed by atoms with Crippen molar-refractivity contribution < 1.29 is 18.7 Å². The van der Waals surface area contributed by atoms with E-state index >= 15 is 0 Å². The first kappa shape index (κ1) is 21.1. The van der Waals surface area contributed by atoms with Gasteiger partial charge in [-0.2, -0.15) is 0 Å². The Morgan fingerprint density at radius 1 is 1.06 bits per heavy atom. The van der Waals surface area contributed by atoms with Crippen LogP contribution in [0.5, 0.6) is 5.75 Å². The Kier molecular flexibility index (Phi) is 5.50. The number of carbonyl (C=O) groups excluding carboxylic acids is 2. The monoisotopic (exact) mass is 448 g/mol. The van der Waals surface area contributed by atoms with Crippen molar-refractivity contribution in [1.29, 1.82) is 0 Å². The van der Waals surface area contributed by atoms with Crippen molar-refractivity contribution >= 4 is 17.6 Å². The van der Waals surface area contributed by atoms with Crippen LogP contribution in [0.25, 0.3) is 0 Å². The molecule has 2 aliphatic heterocycles. The molecule has 1 aromatic heterocycles. The molecule has 33 heavy (non-hydrogen) atoms. The van der Waals surface area contributed by atoms with Crippen molar-refractivity contribution in [1.82, 2.24) is 14.8 Å². The third kappa shape index (κ3) is 4.04. The molecule has 170 valence electrons. The zero-order valence-corrected chi connectivity index (χ0v) is 18.3. The van der Waals surface area contributed by atoms with Gasteiger partial charge in [0.25, 0.3) is 0 Å². The Morgan fingerprint density at radius 3 is 2.55 bits per heavy atom. The van der Waals surface area contributed by atoms with Crippen LogP contribution < -0.4 is 15.0 Å². The lowest BCUT2D eigenvalue weighted by molar-refractivity contribution is -0.117. The number of hydrogen-bond acceptors (Lipinski definition) is 3. The molecule has 2 atom stereocenters. The molecule has 3 heterocycles. The van der Waals surface area contributed by atoms with Crippen molar-refractivity contribution in [2.75, 3.05) is 25.1 Å². The topological polar surface area (TPSA) is 66.8 Å². The molecule has 0 aliphatic carbocycles. The number of fused-ring (bicyclic) bond motifs is 1. The van der Waals surface area contributed by atoms with Crippen LogP contribution in [0.1, 0.15) is 23.7 Å². The maximum Gasteiger partial charge on any atom is 0.318 e. The Morgan fingerprint density at radius 2 is 1.82 bits per heavy atom. The summed E-state index contributed by atoms with van der Waals surface area (Å²) in [6.45, 7) is 1.59. The van der Waals surface area contributed by atoms with E-state index in [2.05, 4.69) is 9.88 Å². The minimum atomic E-state index is -0.329. The molecular weight excluding hydrogens is 423 g/mol. The first-order chi connectivity index (χ1) is 16.0. The Labute approximate surface area is 191 Å². The second-order valence-corrected chi connectivity index (χ2v) is 8.33. The lowest BCUT2D eigenvalue weighted by atomic mass is 10.00. The predicted molar refractivity (Wildman–Crippen MR) is 122 cm³/mol. The summed E-state index contributed by atoms with van der Waals surface area (Å²) < 4.78 is 20.8. The minimum absolute atomic E-state index is 0.0342. The number of anilines is 1. The van der Waals surface area contributed by atoms with Gasteiger partial charge in [-0.05, 0) is 54.1 Å². The zero-order chi connectivity index (χ0) is 22.9. The molecular formula is C25H25FN4O3. The Hall–Kier alpha value is -3.81. The predicted octanol–water partition coefficient (Wildman–Crippen LogP) is 3.56. The van der Waals surface area contributed by atoms with Gasteiger partial charge in [0.15, 0.2) is 0 Å². The highest BCUT2D eigenvalue weighted by molar-refractivity contribution is 5.96. The third-order valence-corrected chi connectivity index (χ3v) is 6.32. The van der Waals surface area contributed by atoms with Crippen LogP contribution in [0.3, 0.4) is 0 Å². The van der Waals surface area contributed by atoms with Gasteiger partial charge in [-0.1, -0.05) is 12.1 Å². The first-order valence-corrected chi connectivity index (χ1v) is 11.0. The van der Waals surface area contributed by atoms with Gasteiger partial charge in [-0.15, -0.1) is 0 Å². The first-order valence-electron chi connectivity index (χ1n) is 11.0. The van der Waals surface area contributed by atoms with E-state index in [9.17, 15) is 14.0 Å². The quantitative estimate of drug-likeness (QED) is 0.664. The maximum atomic E-state index is 13.5. The van der Waals surface area contributed by atoms with E-state index in [1.54, 1.807) is 29.0 Å². The Balaban J connectivity index is 1.33. The number of carbonyl (C=O) groups is 2. The number of amides is 3. The van der Waals surface area contributed by atoms with Gasteiger partial charge in [-0.3, -0.25) is 4.79 Å². The van der Waals surface area contributed by atoms with Crippen LogP contribution in [0, 0.1) is 5.82 Å². The standard InChI is InChI=1S/C25H25FN4O3/c1-33-21-10-8-20(9-11-21)30-16-19(15-23(30)31)27-25(32)29-14-13-28-12-2-3-22(28)24(29)17-4-6-18(26)7-5-17/h2-12,19,24H,13-16H2,1H3,(H,27,32). The van der Waals surface area contributed by atoms with E-state index in [1.165, 1.54) is 12.1 Å². The molecule has 8 heteroatoms. The normalized spacial score (nSPS) is 20.0. The zero-order valence-electron chi connectivity index (χ0n) is 18.3. The van der Waals surface area contributed by atoms with Gasteiger partial charge in [-0.25, -0.2) is 9.18 Å². The number of rotatable bonds is 4. The summed E-state index contributed by atoms with van der Waals surface area (Å²) in [5.74, 6) is 0.369. The average molecular weight is 448 g/mol. The molecule has 2 aliphatic rings. The number of aromatic nitrogens is 1. The summed E-state index contributed by atoms with van der Waals surface area (Å²) in [6.07, 6.45) is 2.23. The number of nitrogens with zero attached hydrogens (tertiary/aromatic N) is 3. The number of urea groups is 1. The fourth-order valence-corrected chi connectivity index (χ4v) is 4.67. The number of benzene rings is 2. The Bertz CT molecular complexity index is 1160. The highest BCUT2D eigenvalue weighted by Crippen LogP contribution is 2.33. The summed E-state index contributed by atoms with van der Waals surface area (Å²) >= 11 is 0. The van der Waals surface area contributed by atoms with E-state index < -0.39 is 0 Å². The molecule has 2 unspecified atom stereocenters. The molecule has 0 bridgehead atoms. The van der Waals surface area contributed by atoms with Crippen molar-refractivity contribution in [3.8, 4) is 5.75 Å². The van der Waals surface area contributed by atoms with E-state index in [4.69, 9.17) is 4.74 Å². The second kappa shape index (κ2) is 8.61. The fraction of sp³-hybridized carbons (Fsp3) is 0.280. The molecule has 0 spiro atoms. The largest absolute Gasteiger partial charge is 0.497 e. The van der Waals surface area contributed by atoms with Crippen LogP contribution in [-0.4, -0.2) is 47.6 Å². The molecule has 0 saturated carbocycles. The van der Waals surface area contributed by atoms with Crippen molar-refractivity contribution in [2.24, 2.45) is 0 Å². The van der Waals surface area contributed by atoms with Crippen LogP contribution >= 0.6 is 0 Å². The summed E-state index contributed by atoms with van der Waals surface area (Å²) in [7, 11) is 1.60. The number of methoxy groups -OCH3 is 1. The van der Waals surface area contributed by atoms with Gasteiger partial charge >= 0.3 is 6.03 Å². The van der Waals surface area contributed by atoms with Gasteiger partial charge < -0.3 is 24.4 Å². The summed E-state index contributed by atoms with van der Waals surface area (Å²) in [6, 6.07) is 16.6. The van der Waals surface area contributed by atoms with Gasteiger partial charge in [0.2, 0.25) is 5.91 Å². The molecule has 1 N–H and O–H groups in total. The van der Waals surface area contributed by atoms with E-state index in [0.29, 0.717) is 19.6 Å². The van der Waals surface area contributed by atoms with E-state index in [0.717, 1.165) is 22.7 Å². The number of nitrogens with one attached hydrogen (secondary N) is 1. The van der Waals surface area contributed by atoms with Crippen molar-refractivity contribution in [2.45, 2.75) is 25.0 Å². The lowest BCUT2D eigenvalue weighted by Gasteiger charge is -2.37. The highest BCUT2D eigenvalue weighted by atomic mass is 19.1. The SMILES string of the molecule is COc1ccc(N2CC(NC(=O)N3CCn4cccc4C3c3ccc(F)cc3)CC2=O)cc1. The summed E-state index contributed by atoms with van der Waals surface area (Å²) in [5.41, 5.74) is 2.59. The van der Waals surface area contributed by atoms with Crippen LogP contribution in [0.4, 0.5) is 14.9 Å². The van der Waals surface area contributed by atoms with Gasteiger partial charge in [0.1, 0.15) is 11.6 Å². The van der Waals surface area contributed by atoms with Gasteiger partial charge in [0.05, 0.1) is 19.2 Å². The molecule has 5 rings (SSSR count).